The Morgan fingerprint density at radius 2 is 1.66 bits per heavy atom. The van der Waals surface area contributed by atoms with Crippen molar-refractivity contribution in [2.75, 3.05) is 7.11 Å². The number of para-hydroxylation sites is 1. The number of carbonyl (C=O) groups is 2. The van der Waals surface area contributed by atoms with Gasteiger partial charge in [-0.1, -0.05) is 59.7 Å². The van der Waals surface area contributed by atoms with Crippen molar-refractivity contribution in [1.29, 1.82) is 0 Å². The second-order valence-corrected chi connectivity index (χ2v) is 10.5. The van der Waals surface area contributed by atoms with E-state index in [2.05, 4.69) is 0 Å². The molecule has 0 unspecified atom stereocenters. The van der Waals surface area contributed by atoms with Gasteiger partial charge in [-0.25, -0.2) is 0 Å². The van der Waals surface area contributed by atoms with Crippen molar-refractivity contribution in [3.05, 3.63) is 93.9 Å². The van der Waals surface area contributed by atoms with Crippen LogP contribution < -0.4 is 8.92 Å². The molecule has 9 heteroatoms. The number of methoxy groups -OCH3 is 1. The van der Waals surface area contributed by atoms with Gasteiger partial charge in [-0.3, -0.25) is 14.5 Å². The van der Waals surface area contributed by atoms with Crippen molar-refractivity contribution in [1.82, 2.24) is 4.90 Å². The van der Waals surface area contributed by atoms with Crippen LogP contribution in [0.4, 0.5) is 4.79 Å². The SMILES string of the molecule is COc1cccc(/C=C2\SC(=O)N(Cc3cccc(C)c3)C2=O)c1OS(=O)(=O)c1ccc(C)cc1. The molecule has 1 saturated heterocycles. The van der Waals surface area contributed by atoms with Crippen LogP contribution in [0.3, 0.4) is 0 Å². The molecule has 1 aliphatic heterocycles. The molecule has 0 aromatic heterocycles. The van der Waals surface area contributed by atoms with Crippen LogP contribution in [-0.2, 0) is 21.5 Å². The van der Waals surface area contributed by atoms with E-state index in [0.29, 0.717) is 5.56 Å². The minimum atomic E-state index is -4.18. The number of hydrogen-bond donors (Lipinski definition) is 0. The monoisotopic (exact) mass is 509 g/mol. The molecule has 1 heterocycles. The van der Waals surface area contributed by atoms with Crippen molar-refractivity contribution in [2.24, 2.45) is 0 Å². The number of rotatable bonds is 7. The van der Waals surface area contributed by atoms with E-state index in [9.17, 15) is 18.0 Å². The third-order valence-electron chi connectivity index (χ3n) is 5.32. The van der Waals surface area contributed by atoms with Crippen LogP contribution >= 0.6 is 11.8 Å². The van der Waals surface area contributed by atoms with Crippen LogP contribution in [0.2, 0.25) is 0 Å². The molecule has 3 aromatic rings. The van der Waals surface area contributed by atoms with E-state index in [1.807, 2.05) is 38.1 Å². The van der Waals surface area contributed by atoms with Gasteiger partial charge in [0.1, 0.15) is 4.90 Å². The number of benzene rings is 3. The number of thioether (sulfide) groups is 1. The maximum atomic E-state index is 13.0. The zero-order chi connectivity index (χ0) is 25.2. The quantitative estimate of drug-likeness (QED) is 0.315. The third-order valence-corrected chi connectivity index (χ3v) is 7.46. The normalized spacial score (nSPS) is 15.1. The van der Waals surface area contributed by atoms with Crippen LogP contribution in [0.15, 0.2) is 76.5 Å². The second kappa shape index (κ2) is 9.97. The lowest BCUT2D eigenvalue weighted by Crippen LogP contribution is -2.27. The summed E-state index contributed by atoms with van der Waals surface area (Å²) in [5, 5.41) is -0.402. The van der Waals surface area contributed by atoms with Crippen LogP contribution in [0.1, 0.15) is 22.3 Å². The lowest BCUT2D eigenvalue weighted by Gasteiger charge is -2.14. The van der Waals surface area contributed by atoms with E-state index < -0.39 is 21.3 Å². The number of nitrogens with zero attached hydrogens (tertiary/aromatic N) is 1. The highest BCUT2D eigenvalue weighted by Gasteiger charge is 2.35. The fourth-order valence-electron chi connectivity index (χ4n) is 3.53. The summed E-state index contributed by atoms with van der Waals surface area (Å²) >= 11 is 0.791. The zero-order valence-electron chi connectivity index (χ0n) is 19.3. The first kappa shape index (κ1) is 24.6. The second-order valence-electron chi connectivity index (χ2n) is 7.99. The molecular weight excluding hydrogens is 486 g/mol. The Morgan fingerprint density at radius 1 is 0.943 bits per heavy atom. The van der Waals surface area contributed by atoms with Crippen LogP contribution in [0.5, 0.6) is 11.5 Å². The predicted octanol–water partition coefficient (Wildman–Crippen LogP) is 5.32. The number of ether oxygens (including phenoxy) is 1. The Morgan fingerprint density at radius 3 is 2.34 bits per heavy atom. The van der Waals surface area contributed by atoms with E-state index in [0.717, 1.165) is 33.4 Å². The molecule has 2 amide bonds. The first-order valence-electron chi connectivity index (χ1n) is 10.7. The standard InChI is InChI=1S/C26H23NO6S2/c1-17-10-12-21(13-11-17)35(30,31)33-24-20(8-5-9-22(24)32-3)15-23-25(28)27(26(29)34-23)16-19-7-4-6-18(2)14-19/h4-15H,16H2,1-3H3/b23-15-. The molecule has 0 atom stereocenters. The minimum Gasteiger partial charge on any atom is -0.493 e. The van der Waals surface area contributed by atoms with Crippen molar-refractivity contribution in [3.8, 4) is 11.5 Å². The summed E-state index contributed by atoms with van der Waals surface area (Å²) in [6, 6.07) is 18.6. The molecule has 35 heavy (non-hydrogen) atoms. The number of hydrogen-bond acceptors (Lipinski definition) is 7. The summed E-state index contributed by atoms with van der Waals surface area (Å²) in [7, 11) is -2.79. The van der Waals surface area contributed by atoms with Gasteiger partial charge < -0.3 is 8.92 Å². The lowest BCUT2D eigenvalue weighted by molar-refractivity contribution is -0.123. The Balaban J connectivity index is 1.66. The van der Waals surface area contributed by atoms with Gasteiger partial charge >= 0.3 is 10.1 Å². The van der Waals surface area contributed by atoms with E-state index in [1.54, 1.807) is 30.3 Å². The third kappa shape index (κ3) is 5.41. The molecule has 0 N–H and O–H groups in total. The fraction of sp³-hybridized carbons (Fsp3) is 0.154. The average Bonchev–Trinajstić information content (AvgIpc) is 3.07. The highest BCUT2D eigenvalue weighted by atomic mass is 32.2. The molecule has 0 aliphatic carbocycles. The minimum absolute atomic E-state index is 0.0153. The molecule has 0 saturated carbocycles. The fourth-order valence-corrected chi connectivity index (χ4v) is 5.32. The molecule has 180 valence electrons. The van der Waals surface area contributed by atoms with Crippen LogP contribution in [-0.4, -0.2) is 31.6 Å². The van der Waals surface area contributed by atoms with Crippen molar-refractivity contribution >= 4 is 39.1 Å². The van der Waals surface area contributed by atoms with Gasteiger partial charge in [0.05, 0.1) is 18.6 Å². The molecule has 4 rings (SSSR count). The molecule has 1 fully saturated rings. The first-order chi connectivity index (χ1) is 16.7. The Bertz CT molecular complexity index is 1430. The Labute approximate surface area is 208 Å². The smallest absolute Gasteiger partial charge is 0.339 e. The maximum Gasteiger partial charge on any atom is 0.339 e. The average molecular weight is 510 g/mol. The van der Waals surface area contributed by atoms with Gasteiger partial charge in [0.25, 0.3) is 11.1 Å². The highest BCUT2D eigenvalue weighted by molar-refractivity contribution is 8.18. The van der Waals surface area contributed by atoms with Crippen molar-refractivity contribution in [3.63, 3.8) is 0 Å². The summed E-state index contributed by atoms with van der Waals surface area (Å²) in [4.78, 5) is 26.9. The molecule has 7 nitrogen and oxygen atoms in total. The first-order valence-corrected chi connectivity index (χ1v) is 12.9. The van der Waals surface area contributed by atoms with Gasteiger partial charge in [-0.15, -0.1) is 0 Å². The molecule has 0 spiro atoms. The van der Waals surface area contributed by atoms with Gasteiger partial charge in [0.2, 0.25) is 0 Å². The van der Waals surface area contributed by atoms with E-state index >= 15 is 0 Å². The maximum absolute atomic E-state index is 13.0. The topological polar surface area (TPSA) is 90.0 Å². The van der Waals surface area contributed by atoms with Gasteiger partial charge in [0, 0.05) is 5.56 Å². The summed E-state index contributed by atoms with van der Waals surface area (Å²) in [6.07, 6.45) is 1.45. The highest BCUT2D eigenvalue weighted by Crippen LogP contribution is 2.39. The van der Waals surface area contributed by atoms with Crippen molar-refractivity contribution < 1.29 is 26.9 Å². The lowest BCUT2D eigenvalue weighted by atomic mass is 10.1. The number of amides is 2. The number of aryl methyl sites for hydroxylation is 2. The molecule has 0 radical (unpaired) electrons. The largest absolute Gasteiger partial charge is 0.493 e. The Kier molecular flexibility index (Phi) is 7.00. The van der Waals surface area contributed by atoms with Crippen LogP contribution in [0.25, 0.3) is 6.08 Å². The summed E-state index contributed by atoms with van der Waals surface area (Å²) in [5.74, 6) is -0.355. The van der Waals surface area contributed by atoms with Gasteiger partial charge in [-0.05, 0) is 55.4 Å². The molecular formula is C26H23NO6S2. The summed E-state index contributed by atoms with van der Waals surface area (Å²) < 4.78 is 36.7. The van der Waals surface area contributed by atoms with E-state index in [1.165, 1.54) is 25.3 Å². The number of carbonyl (C=O) groups excluding carboxylic acids is 2. The summed E-state index contributed by atoms with van der Waals surface area (Å²) in [5.41, 5.74) is 3.06. The molecule has 1 aliphatic rings. The molecule has 0 bridgehead atoms. The van der Waals surface area contributed by atoms with E-state index in [4.69, 9.17) is 8.92 Å². The summed E-state index contributed by atoms with van der Waals surface area (Å²) in [6.45, 7) is 3.93. The van der Waals surface area contributed by atoms with Crippen LogP contribution in [0, 0.1) is 13.8 Å². The molecule has 3 aromatic carbocycles. The van der Waals surface area contributed by atoms with Gasteiger partial charge in [-0.2, -0.15) is 8.42 Å². The Hall–Kier alpha value is -3.56. The van der Waals surface area contributed by atoms with Crippen molar-refractivity contribution in [2.45, 2.75) is 25.3 Å². The van der Waals surface area contributed by atoms with Gasteiger partial charge in [0.15, 0.2) is 11.5 Å². The van der Waals surface area contributed by atoms with E-state index in [-0.39, 0.29) is 27.8 Å². The number of imide groups is 1. The zero-order valence-corrected chi connectivity index (χ0v) is 21.0. The predicted molar refractivity (Wildman–Crippen MR) is 135 cm³/mol.